The molecule has 0 spiro atoms. The first-order chi connectivity index (χ1) is 12.0. The van der Waals surface area contributed by atoms with E-state index in [2.05, 4.69) is 5.32 Å². The maximum absolute atomic E-state index is 12.3. The van der Waals surface area contributed by atoms with E-state index >= 15 is 0 Å². The Labute approximate surface area is 168 Å². The molecule has 0 aliphatic heterocycles. The summed E-state index contributed by atoms with van der Waals surface area (Å²) in [5, 5.41) is 13.9. The molecule has 1 aromatic carbocycles. The number of halogens is 2. The summed E-state index contributed by atoms with van der Waals surface area (Å²) in [7, 11) is 1.63. The molecule has 0 bridgehead atoms. The van der Waals surface area contributed by atoms with Gasteiger partial charge in [-0.25, -0.2) is 0 Å². The number of hydrogen-bond donors (Lipinski definition) is 3. The monoisotopic (exact) mass is 402 g/mol. The summed E-state index contributed by atoms with van der Waals surface area (Å²) in [6, 6.07) is 7.25. The molecule has 0 unspecified atom stereocenters. The Hall–Kier alpha value is -0.810. The van der Waals surface area contributed by atoms with Gasteiger partial charge in [-0.3, -0.25) is 4.79 Å². The molecule has 1 saturated carbocycles. The lowest BCUT2D eigenvalue weighted by Crippen LogP contribution is -2.41. The van der Waals surface area contributed by atoms with Gasteiger partial charge in [0.05, 0.1) is 6.10 Å². The zero-order valence-corrected chi connectivity index (χ0v) is 17.1. The molecule has 1 fully saturated rings. The van der Waals surface area contributed by atoms with Crippen molar-refractivity contribution < 1.29 is 9.90 Å². The second kappa shape index (κ2) is 11.8. The van der Waals surface area contributed by atoms with Crippen LogP contribution in [0.3, 0.4) is 0 Å². The third-order valence-electron chi connectivity index (χ3n) is 5.34. The van der Waals surface area contributed by atoms with Crippen molar-refractivity contribution in [1.29, 1.82) is 0 Å². The van der Waals surface area contributed by atoms with Gasteiger partial charge in [0.2, 0.25) is 5.91 Å². The van der Waals surface area contributed by atoms with E-state index in [1.807, 2.05) is 24.3 Å². The van der Waals surface area contributed by atoms with Gasteiger partial charge in [-0.15, -0.1) is 12.4 Å². The van der Waals surface area contributed by atoms with Gasteiger partial charge in [0, 0.05) is 24.0 Å². The Morgan fingerprint density at radius 2 is 2.04 bits per heavy atom. The largest absolute Gasteiger partial charge is 0.391 e. The van der Waals surface area contributed by atoms with Gasteiger partial charge in [-0.05, 0) is 42.9 Å². The number of carbonyl (C=O) groups excluding carboxylic acids is 1. The summed E-state index contributed by atoms with van der Waals surface area (Å²) in [4.78, 5) is 12.3. The molecule has 0 radical (unpaired) electrons. The number of aliphatic hydroxyl groups is 1. The SMILES string of the molecule is CNC(=O)[C@H](Cc1cccc(Cl)c1)C[C@H](O)[C@@H](N)CC1CCCCC1.Cl. The van der Waals surface area contributed by atoms with Crippen molar-refractivity contribution in [3.8, 4) is 0 Å². The molecule has 0 saturated heterocycles. The highest BCUT2D eigenvalue weighted by atomic mass is 35.5. The van der Waals surface area contributed by atoms with Crippen LogP contribution in [0.15, 0.2) is 24.3 Å². The van der Waals surface area contributed by atoms with Gasteiger partial charge in [-0.1, -0.05) is 55.8 Å². The van der Waals surface area contributed by atoms with Crippen LogP contribution < -0.4 is 11.1 Å². The highest BCUT2D eigenvalue weighted by molar-refractivity contribution is 6.30. The second-order valence-electron chi connectivity index (χ2n) is 7.35. The van der Waals surface area contributed by atoms with Crippen LogP contribution in [0.2, 0.25) is 5.02 Å². The molecule has 1 aromatic rings. The number of nitrogens with one attached hydrogen (secondary N) is 1. The first kappa shape index (κ1) is 23.2. The van der Waals surface area contributed by atoms with Gasteiger partial charge in [-0.2, -0.15) is 0 Å². The van der Waals surface area contributed by atoms with E-state index in [1.54, 1.807) is 7.05 Å². The van der Waals surface area contributed by atoms with Crippen molar-refractivity contribution in [2.45, 2.75) is 63.5 Å². The molecule has 0 heterocycles. The molecule has 26 heavy (non-hydrogen) atoms. The highest BCUT2D eigenvalue weighted by Crippen LogP contribution is 2.28. The summed E-state index contributed by atoms with van der Waals surface area (Å²) in [6.45, 7) is 0. The van der Waals surface area contributed by atoms with Crippen molar-refractivity contribution in [3.05, 3.63) is 34.9 Å². The summed E-state index contributed by atoms with van der Waals surface area (Å²) in [6.07, 6.45) is 7.37. The van der Waals surface area contributed by atoms with Crippen molar-refractivity contribution in [2.75, 3.05) is 7.05 Å². The quantitative estimate of drug-likeness (QED) is 0.619. The minimum atomic E-state index is -0.664. The number of hydrogen-bond acceptors (Lipinski definition) is 3. The molecule has 3 atom stereocenters. The van der Waals surface area contributed by atoms with E-state index in [4.69, 9.17) is 17.3 Å². The van der Waals surface area contributed by atoms with Crippen LogP contribution in [0.25, 0.3) is 0 Å². The average Bonchev–Trinajstić information content (AvgIpc) is 2.61. The van der Waals surface area contributed by atoms with Crippen LogP contribution in [0, 0.1) is 11.8 Å². The van der Waals surface area contributed by atoms with E-state index in [9.17, 15) is 9.90 Å². The zero-order valence-electron chi connectivity index (χ0n) is 15.5. The Balaban J connectivity index is 0.00000338. The Morgan fingerprint density at radius 3 is 2.65 bits per heavy atom. The summed E-state index contributed by atoms with van der Waals surface area (Å²) < 4.78 is 0. The van der Waals surface area contributed by atoms with Gasteiger partial charge in [0.1, 0.15) is 0 Å². The van der Waals surface area contributed by atoms with Crippen LogP contribution in [0.4, 0.5) is 0 Å². The van der Waals surface area contributed by atoms with E-state index in [1.165, 1.54) is 32.1 Å². The molecule has 148 valence electrons. The van der Waals surface area contributed by atoms with E-state index in [0.717, 1.165) is 12.0 Å². The standard InChI is InChI=1S/C20H31ClN2O2.ClH/c1-23-20(25)16(10-15-8-5-9-17(21)11-15)13-19(24)18(22)12-14-6-3-2-4-7-14;/h5,8-9,11,14,16,18-19,24H,2-4,6-7,10,12-13,22H2,1H3,(H,23,25);1H/t16-,18+,19+;/m1./s1. The van der Waals surface area contributed by atoms with E-state index < -0.39 is 6.10 Å². The molecule has 1 aliphatic rings. The lowest BCUT2D eigenvalue weighted by Gasteiger charge is -2.28. The van der Waals surface area contributed by atoms with E-state index in [0.29, 0.717) is 23.8 Å². The summed E-state index contributed by atoms with van der Waals surface area (Å²) in [5.41, 5.74) is 7.25. The first-order valence-corrected chi connectivity index (χ1v) is 9.77. The number of rotatable bonds is 8. The van der Waals surface area contributed by atoms with Crippen molar-refractivity contribution in [1.82, 2.24) is 5.32 Å². The molecule has 0 aromatic heterocycles. The van der Waals surface area contributed by atoms with Gasteiger partial charge >= 0.3 is 0 Å². The minimum absolute atomic E-state index is 0. The van der Waals surface area contributed by atoms with Crippen LogP contribution in [-0.2, 0) is 11.2 Å². The Kier molecular flexibility index (Phi) is 10.6. The number of aliphatic hydroxyl groups excluding tert-OH is 1. The maximum Gasteiger partial charge on any atom is 0.223 e. The van der Waals surface area contributed by atoms with Gasteiger partial charge in [0.15, 0.2) is 0 Å². The van der Waals surface area contributed by atoms with Crippen molar-refractivity contribution in [3.63, 3.8) is 0 Å². The van der Waals surface area contributed by atoms with Crippen molar-refractivity contribution >= 4 is 29.9 Å². The predicted octanol–water partition coefficient (Wildman–Crippen LogP) is 3.72. The topological polar surface area (TPSA) is 75.3 Å². The molecular weight excluding hydrogens is 371 g/mol. The molecule has 4 N–H and O–H groups in total. The van der Waals surface area contributed by atoms with Crippen molar-refractivity contribution in [2.24, 2.45) is 17.6 Å². The van der Waals surface area contributed by atoms with Crippen LogP contribution in [0.5, 0.6) is 0 Å². The predicted molar refractivity (Wildman–Crippen MR) is 110 cm³/mol. The number of amides is 1. The normalized spacial score (nSPS) is 18.5. The maximum atomic E-state index is 12.3. The van der Waals surface area contributed by atoms with E-state index in [-0.39, 0.29) is 30.3 Å². The van der Waals surface area contributed by atoms with Crippen LogP contribution in [0.1, 0.15) is 50.5 Å². The number of benzene rings is 1. The molecular formula is C20H32Cl2N2O2. The molecule has 1 amide bonds. The van der Waals surface area contributed by atoms with Gasteiger partial charge < -0.3 is 16.2 Å². The second-order valence-corrected chi connectivity index (χ2v) is 7.79. The van der Waals surface area contributed by atoms with Crippen LogP contribution >= 0.6 is 24.0 Å². The molecule has 1 aliphatic carbocycles. The summed E-state index contributed by atoms with van der Waals surface area (Å²) in [5.74, 6) is 0.240. The van der Waals surface area contributed by atoms with Gasteiger partial charge in [0.25, 0.3) is 0 Å². The Bertz CT molecular complexity index is 550. The molecule has 6 heteroatoms. The van der Waals surface area contributed by atoms with Crippen LogP contribution in [-0.4, -0.2) is 30.2 Å². The number of nitrogens with two attached hydrogens (primary N) is 1. The molecule has 2 rings (SSSR count). The minimum Gasteiger partial charge on any atom is -0.391 e. The first-order valence-electron chi connectivity index (χ1n) is 9.39. The lowest BCUT2D eigenvalue weighted by molar-refractivity contribution is -0.125. The number of carbonyl (C=O) groups is 1. The lowest BCUT2D eigenvalue weighted by atomic mass is 9.82. The Morgan fingerprint density at radius 1 is 1.35 bits per heavy atom. The zero-order chi connectivity index (χ0) is 18.2. The fraction of sp³-hybridized carbons (Fsp3) is 0.650. The third kappa shape index (κ3) is 7.43. The molecule has 4 nitrogen and oxygen atoms in total. The fourth-order valence-corrected chi connectivity index (χ4v) is 4.08. The third-order valence-corrected chi connectivity index (χ3v) is 5.57. The smallest absolute Gasteiger partial charge is 0.223 e. The summed E-state index contributed by atoms with van der Waals surface area (Å²) >= 11 is 6.04. The fourth-order valence-electron chi connectivity index (χ4n) is 3.87. The highest BCUT2D eigenvalue weighted by Gasteiger charge is 2.27. The average molecular weight is 403 g/mol.